The molecule has 0 amide bonds. The van der Waals surface area contributed by atoms with Crippen molar-refractivity contribution in [2.24, 2.45) is 4.99 Å². The van der Waals surface area contributed by atoms with Crippen LogP contribution in [0.5, 0.6) is 0 Å². The van der Waals surface area contributed by atoms with Crippen molar-refractivity contribution in [2.75, 3.05) is 0 Å². The molecule has 0 fully saturated rings. The molecule has 0 aliphatic rings. The van der Waals surface area contributed by atoms with Crippen LogP contribution >= 0.6 is 28.1 Å². The Morgan fingerprint density at radius 1 is 1.36 bits per heavy atom. The predicted octanol–water partition coefficient (Wildman–Crippen LogP) is 3.73. The third-order valence-corrected chi connectivity index (χ3v) is 2.43. The number of fused-ring (bicyclic) bond motifs is 1. The van der Waals surface area contributed by atoms with Crippen molar-refractivity contribution in [2.45, 2.75) is 0 Å². The maximum Gasteiger partial charge on any atom is 0.0848 e. The Bertz CT molecular complexity index is 533. The SMILES string of the molecule is S=C=Nc1ccnc2cc(Br)ccc12. The number of nitrogens with zero attached hydrogens (tertiary/aromatic N) is 2. The molecular formula is C10H5BrN2S. The molecule has 14 heavy (non-hydrogen) atoms. The van der Waals surface area contributed by atoms with Gasteiger partial charge in [0.05, 0.1) is 16.4 Å². The molecule has 2 nitrogen and oxygen atoms in total. The van der Waals surface area contributed by atoms with Crippen LogP contribution in [0, 0.1) is 0 Å². The van der Waals surface area contributed by atoms with E-state index in [9.17, 15) is 0 Å². The zero-order valence-corrected chi connectivity index (χ0v) is 9.47. The summed E-state index contributed by atoms with van der Waals surface area (Å²) < 4.78 is 1.00. The molecule has 2 rings (SSSR count). The van der Waals surface area contributed by atoms with Gasteiger partial charge in [-0.05, 0) is 36.5 Å². The maximum absolute atomic E-state index is 4.58. The molecule has 1 heterocycles. The van der Waals surface area contributed by atoms with E-state index in [-0.39, 0.29) is 0 Å². The normalized spacial score (nSPS) is 9.79. The second-order valence-corrected chi connectivity index (χ2v) is 3.79. The summed E-state index contributed by atoms with van der Waals surface area (Å²) in [6.45, 7) is 0. The number of rotatable bonds is 1. The van der Waals surface area contributed by atoms with Crippen molar-refractivity contribution in [3.63, 3.8) is 0 Å². The number of pyridine rings is 1. The average molecular weight is 265 g/mol. The van der Waals surface area contributed by atoms with Gasteiger partial charge in [-0.25, -0.2) is 0 Å². The molecule has 0 aliphatic heterocycles. The summed E-state index contributed by atoms with van der Waals surface area (Å²) in [5.74, 6) is 0. The summed E-state index contributed by atoms with van der Waals surface area (Å²) in [5.41, 5.74) is 1.70. The van der Waals surface area contributed by atoms with Gasteiger partial charge < -0.3 is 0 Å². The second-order valence-electron chi connectivity index (χ2n) is 2.69. The fourth-order valence-electron chi connectivity index (χ4n) is 1.25. The highest BCUT2D eigenvalue weighted by atomic mass is 79.9. The standard InChI is InChI=1S/C10H5BrN2S/c11-7-1-2-8-9(13-6-14)3-4-12-10(8)5-7/h1-5H. The van der Waals surface area contributed by atoms with Crippen molar-refractivity contribution in [3.05, 3.63) is 34.9 Å². The van der Waals surface area contributed by atoms with Crippen LogP contribution in [-0.4, -0.2) is 10.1 Å². The van der Waals surface area contributed by atoms with Crippen LogP contribution in [-0.2, 0) is 0 Å². The first-order chi connectivity index (χ1) is 6.81. The van der Waals surface area contributed by atoms with Crippen molar-refractivity contribution < 1.29 is 0 Å². The van der Waals surface area contributed by atoms with Crippen LogP contribution in [0.15, 0.2) is 39.9 Å². The van der Waals surface area contributed by atoms with Crippen molar-refractivity contribution in [3.8, 4) is 0 Å². The molecule has 2 aromatic rings. The molecule has 0 saturated carbocycles. The molecule has 4 heteroatoms. The number of halogens is 1. The Morgan fingerprint density at radius 3 is 3.00 bits per heavy atom. The van der Waals surface area contributed by atoms with Crippen LogP contribution in [0.3, 0.4) is 0 Å². The van der Waals surface area contributed by atoms with E-state index in [1.807, 2.05) is 24.3 Å². The Labute approximate surface area is 94.8 Å². The van der Waals surface area contributed by atoms with E-state index in [1.54, 1.807) is 6.20 Å². The Morgan fingerprint density at radius 2 is 2.21 bits per heavy atom. The Kier molecular flexibility index (Phi) is 2.68. The molecule has 0 bridgehead atoms. The number of hydrogen-bond acceptors (Lipinski definition) is 3. The number of aromatic nitrogens is 1. The largest absolute Gasteiger partial charge is 0.256 e. The summed E-state index contributed by atoms with van der Waals surface area (Å²) >= 11 is 7.97. The molecule has 0 aliphatic carbocycles. The summed E-state index contributed by atoms with van der Waals surface area (Å²) in [5, 5.41) is 3.34. The van der Waals surface area contributed by atoms with E-state index in [2.05, 4.69) is 43.3 Å². The summed E-state index contributed by atoms with van der Waals surface area (Å²) in [7, 11) is 0. The third kappa shape index (κ3) is 1.73. The monoisotopic (exact) mass is 264 g/mol. The highest BCUT2D eigenvalue weighted by Gasteiger charge is 2.00. The van der Waals surface area contributed by atoms with Gasteiger partial charge >= 0.3 is 0 Å². The van der Waals surface area contributed by atoms with E-state index in [0.717, 1.165) is 21.1 Å². The van der Waals surface area contributed by atoms with Gasteiger partial charge in [-0.3, -0.25) is 4.98 Å². The van der Waals surface area contributed by atoms with Gasteiger partial charge in [0.25, 0.3) is 0 Å². The van der Waals surface area contributed by atoms with E-state index in [1.165, 1.54) is 0 Å². The number of benzene rings is 1. The molecule has 68 valence electrons. The minimum absolute atomic E-state index is 0.803. The highest BCUT2D eigenvalue weighted by Crippen LogP contribution is 2.26. The molecule has 0 unspecified atom stereocenters. The first-order valence-corrected chi connectivity index (χ1v) is 5.13. The minimum Gasteiger partial charge on any atom is -0.256 e. The molecule has 0 spiro atoms. The van der Waals surface area contributed by atoms with Gasteiger partial charge in [-0.2, -0.15) is 4.99 Å². The third-order valence-electron chi connectivity index (χ3n) is 1.85. The molecule has 1 aromatic carbocycles. The quantitative estimate of drug-likeness (QED) is 0.579. The lowest BCUT2D eigenvalue weighted by Crippen LogP contribution is -1.78. The van der Waals surface area contributed by atoms with E-state index < -0.39 is 0 Å². The van der Waals surface area contributed by atoms with Crippen LogP contribution in [0.1, 0.15) is 0 Å². The van der Waals surface area contributed by atoms with E-state index in [4.69, 9.17) is 0 Å². The molecular weight excluding hydrogens is 260 g/mol. The highest BCUT2D eigenvalue weighted by molar-refractivity contribution is 9.10. The van der Waals surface area contributed by atoms with E-state index in [0.29, 0.717) is 0 Å². The number of hydrogen-bond donors (Lipinski definition) is 0. The number of aliphatic imine (C=N–C) groups is 1. The minimum atomic E-state index is 0.803. The fraction of sp³-hybridized carbons (Fsp3) is 0. The number of isothiocyanates is 1. The average Bonchev–Trinajstić information content (AvgIpc) is 2.18. The maximum atomic E-state index is 4.58. The first-order valence-electron chi connectivity index (χ1n) is 3.93. The van der Waals surface area contributed by atoms with Crippen LogP contribution in [0.4, 0.5) is 5.69 Å². The van der Waals surface area contributed by atoms with Gasteiger partial charge in [-0.15, -0.1) is 0 Å². The van der Waals surface area contributed by atoms with Gasteiger partial charge in [0.2, 0.25) is 0 Å². The summed E-state index contributed by atoms with van der Waals surface area (Å²) in [6, 6.07) is 7.66. The molecule has 1 aromatic heterocycles. The van der Waals surface area contributed by atoms with E-state index >= 15 is 0 Å². The molecule has 0 atom stereocenters. The molecule has 0 radical (unpaired) electrons. The van der Waals surface area contributed by atoms with Crippen LogP contribution in [0.25, 0.3) is 10.9 Å². The first kappa shape index (κ1) is 9.46. The van der Waals surface area contributed by atoms with Gasteiger partial charge in [-0.1, -0.05) is 15.9 Å². The fourth-order valence-corrected chi connectivity index (χ4v) is 1.70. The smallest absolute Gasteiger partial charge is 0.0848 e. The lowest BCUT2D eigenvalue weighted by Gasteiger charge is -1.99. The lowest BCUT2D eigenvalue weighted by atomic mass is 10.2. The molecule has 0 saturated heterocycles. The topological polar surface area (TPSA) is 25.2 Å². The zero-order valence-electron chi connectivity index (χ0n) is 7.07. The van der Waals surface area contributed by atoms with Gasteiger partial charge in [0, 0.05) is 16.1 Å². The Balaban J connectivity index is 2.81. The number of thiocarbonyl (C=S) groups is 1. The van der Waals surface area contributed by atoms with Gasteiger partial charge in [0.1, 0.15) is 0 Å². The van der Waals surface area contributed by atoms with Crippen molar-refractivity contribution >= 4 is 49.9 Å². The van der Waals surface area contributed by atoms with Gasteiger partial charge in [0.15, 0.2) is 0 Å². The van der Waals surface area contributed by atoms with Crippen molar-refractivity contribution in [1.82, 2.24) is 4.98 Å². The van der Waals surface area contributed by atoms with Crippen molar-refractivity contribution in [1.29, 1.82) is 0 Å². The summed E-state index contributed by atoms with van der Waals surface area (Å²) in [4.78, 5) is 8.21. The molecule has 0 N–H and O–H groups in total. The second kappa shape index (κ2) is 3.96. The predicted molar refractivity (Wildman–Crippen MR) is 64.1 cm³/mol. The lowest BCUT2D eigenvalue weighted by molar-refractivity contribution is 1.39. The zero-order chi connectivity index (χ0) is 9.97. The van der Waals surface area contributed by atoms with Crippen LogP contribution < -0.4 is 0 Å². The summed E-state index contributed by atoms with van der Waals surface area (Å²) in [6.07, 6.45) is 1.71. The Hall–Kier alpha value is -1.09. The van der Waals surface area contributed by atoms with Crippen LogP contribution in [0.2, 0.25) is 0 Å².